The Labute approximate surface area is 132 Å². The maximum Gasteiger partial charge on any atom is 0.0737 e. The van der Waals surface area contributed by atoms with Crippen molar-refractivity contribution in [3.63, 3.8) is 0 Å². The van der Waals surface area contributed by atoms with Crippen LogP contribution in [0.2, 0.25) is 5.02 Å². The summed E-state index contributed by atoms with van der Waals surface area (Å²) in [5.74, 6) is 0. The summed E-state index contributed by atoms with van der Waals surface area (Å²) < 4.78 is 0. The first-order chi connectivity index (χ1) is 10.1. The maximum atomic E-state index is 6.02. The Morgan fingerprint density at radius 1 is 1.33 bits per heavy atom. The van der Waals surface area contributed by atoms with E-state index >= 15 is 0 Å². The number of aromatic nitrogens is 1. The van der Waals surface area contributed by atoms with Crippen molar-refractivity contribution < 1.29 is 0 Å². The highest BCUT2D eigenvalue weighted by Gasteiger charge is 2.07. The van der Waals surface area contributed by atoms with E-state index in [0.717, 1.165) is 41.1 Å². The highest BCUT2D eigenvalue weighted by Crippen LogP contribution is 2.25. The van der Waals surface area contributed by atoms with Crippen LogP contribution in [0.25, 0.3) is 10.9 Å². The van der Waals surface area contributed by atoms with Crippen LogP contribution in [0.3, 0.4) is 0 Å². The Hall–Kier alpha value is -1.32. The third-order valence-corrected chi connectivity index (χ3v) is 4.06. The molecule has 1 heterocycles. The molecule has 0 saturated heterocycles. The number of nitrogens with one attached hydrogen (secondary N) is 1. The van der Waals surface area contributed by atoms with Crippen LogP contribution in [-0.2, 0) is 0 Å². The van der Waals surface area contributed by atoms with Crippen LogP contribution in [-0.4, -0.2) is 36.1 Å². The normalized spacial score (nSPS) is 12.8. The monoisotopic (exact) mass is 305 g/mol. The molecule has 2 rings (SSSR count). The molecule has 1 aromatic heterocycles. The van der Waals surface area contributed by atoms with E-state index in [1.54, 1.807) is 0 Å². The molecule has 114 valence electrons. The van der Waals surface area contributed by atoms with Gasteiger partial charge in [-0.15, -0.1) is 0 Å². The van der Waals surface area contributed by atoms with Gasteiger partial charge in [-0.3, -0.25) is 4.98 Å². The molecule has 0 aliphatic heterocycles. The number of hydrogen-bond acceptors (Lipinski definition) is 3. The zero-order valence-corrected chi connectivity index (χ0v) is 13.8. The minimum Gasteiger partial charge on any atom is -0.382 e. The predicted molar refractivity (Wildman–Crippen MR) is 92.2 cm³/mol. The van der Waals surface area contributed by atoms with E-state index in [0.29, 0.717) is 6.04 Å². The minimum absolute atomic E-state index is 0.441. The number of rotatable bonds is 7. The second-order valence-electron chi connectivity index (χ2n) is 5.60. The number of nitrogens with zero attached hydrogens (tertiary/aromatic N) is 2. The average Bonchev–Trinajstić information content (AvgIpc) is 2.47. The Kier molecular flexibility index (Phi) is 5.83. The van der Waals surface area contributed by atoms with E-state index in [4.69, 9.17) is 11.6 Å². The molecule has 0 saturated carbocycles. The first-order valence-corrected chi connectivity index (χ1v) is 7.97. The first kappa shape index (κ1) is 16.1. The Morgan fingerprint density at radius 2 is 2.14 bits per heavy atom. The smallest absolute Gasteiger partial charge is 0.0737 e. The minimum atomic E-state index is 0.441. The van der Waals surface area contributed by atoms with Crippen molar-refractivity contribution in [2.75, 3.05) is 25.5 Å². The highest BCUT2D eigenvalue weighted by molar-refractivity contribution is 6.31. The zero-order chi connectivity index (χ0) is 15.2. The molecule has 21 heavy (non-hydrogen) atoms. The standard InChI is InChI=1S/C17H24ClN3/c1-4-21(3)11-5-6-13(2)20-16-9-10-19-17-12-14(18)7-8-15(16)17/h7-10,12-13H,4-6,11H2,1-3H3,(H,19,20)/t13-/m0/s1. The van der Waals surface area contributed by atoms with Crippen molar-refractivity contribution >= 4 is 28.2 Å². The molecule has 1 N–H and O–H groups in total. The van der Waals surface area contributed by atoms with Crippen LogP contribution in [0.4, 0.5) is 5.69 Å². The Balaban J connectivity index is 1.99. The quantitative estimate of drug-likeness (QED) is 0.820. The molecule has 2 aromatic rings. The number of anilines is 1. The molecule has 3 nitrogen and oxygen atoms in total. The Morgan fingerprint density at radius 3 is 2.90 bits per heavy atom. The van der Waals surface area contributed by atoms with Crippen molar-refractivity contribution in [3.05, 3.63) is 35.5 Å². The van der Waals surface area contributed by atoms with Gasteiger partial charge in [0, 0.05) is 28.3 Å². The van der Waals surface area contributed by atoms with Crippen LogP contribution in [0.15, 0.2) is 30.5 Å². The van der Waals surface area contributed by atoms with Gasteiger partial charge < -0.3 is 10.2 Å². The molecular weight excluding hydrogens is 282 g/mol. The molecule has 0 spiro atoms. The number of pyridine rings is 1. The lowest BCUT2D eigenvalue weighted by Gasteiger charge is -2.19. The maximum absolute atomic E-state index is 6.02. The van der Waals surface area contributed by atoms with E-state index in [2.05, 4.69) is 36.1 Å². The summed E-state index contributed by atoms with van der Waals surface area (Å²) in [5, 5.41) is 5.44. The van der Waals surface area contributed by atoms with Gasteiger partial charge in [-0.2, -0.15) is 0 Å². The average molecular weight is 306 g/mol. The molecular formula is C17H24ClN3. The zero-order valence-electron chi connectivity index (χ0n) is 13.1. The van der Waals surface area contributed by atoms with Gasteiger partial charge in [-0.1, -0.05) is 18.5 Å². The van der Waals surface area contributed by atoms with Gasteiger partial charge in [-0.25, -0.2) is 0 Å². The lowest BCUT2D eigenvalue weighted by Crippen LogP contribution is -2.22. The Bertz CT molecular complexity index is 585. The molecule has 1 atom stereocenters. The molecule has 4 heteroatoms. The SMILES string of the molecule is CCN(C)CCC[C@H](C)Nc1ccnc2cc(Cl)ccc12. The van der Waals surface area contributed by atoms with Crippen molar-refractivity contribution in [3.8, 4) is 0 Å². The molecule has 0 bridgehead atoms. The van der Waals surface area contributed by atoms with Gasteiger partial charge in [0.1, 0.15) is 0 Å². The van der Waals surface area contributed by atoms with E-state index < -0.39 is 0 Å². The first-order valence-electron chi connectivity index (χ1n) is 7.59. The van der Waals surface area contributed by atoms with Gasteiger partial charge in [0.2, 0.25) is 0 Å². The van der Waals surface area contributed by atoms with Gasteiger partial charge in [0.15, 0.2) is 0 Å². The van der Waals surface area contributed by atoms with Crippen molar-refractivity contribution in [2.45, 2.75) is 32.7 Å². The molecule has 0 fully saturated rings. The number of benzene rings is 1. The second kappa shape index (κ2) is 7.62. The lowest BCUT2D eigenvalue weighted by atomic mass is 10.1. The summed E-state index contributed by atoms with van der Waals surface area (Å²) in [6.07, 6.45) is 4.19. The van der Waals surface area contributed by atoms with Crippen molar-refractivity contribution in [1.82, 2.24) is 9.88 Å². The van der Waals surface area contributed by atoms with Gasteiger partial charge in [0.05, 0.1) is 5.52 Å². The van der Waals surface area contributed by atoms with Crippen LogP contribution < -0.4 is 5.32 Å². The highest BCUT2D eigenvalue weighted by atomic mass is 35.5. The predicted octanol–water partition coefficient (Wildman–Crippen LogP) is 4.42. The van der Waals surface area contributed by atoms with Crippen LogP contribution in [0.5, 0.6) is 0 Å². The van der Waals surface area contributed by atoms with Gasteiger partial charge in [-0.05, 0) is 64.2 Å². The third-order valence-electron chi connectivity index (χ3n) is 3.82. The summed E-state index contributed by atoms with van der Waals surface area (Å²) >= 11 is 6.02. The molecule has 0 aliphatic rings. The number of hydrogen-bond donors (Lipinski definition) is 1. The fourth-order valence-electron chi connectivity index (χ4n) is 2.41. The molecule has 1 aromatic carbocycles. The van der Waals surface area contributed by atoms with Crippen molar-refractivity contribution in [2.24, 2.45) is 0 Å². The molecule has 0 amide bonds. The summed E-state index contributed by atoms with van der Waals surface area (Å²) in [5.41, 5.74) is 2.07. The lowest BCUT2D eigenvalue weighted by molar-refractivity contribution is 0.340. The van der Waals surface area contributed by atoms with E-state index in [-0.39, 0.29) is 0 Å². The van der Waals surface area contributed by atoms with E-state index in [1.165, 1.54) is 6.42 Å². The van der Waals surface area contributed by atoms with Crippen LogP contribution >= 0.6 is 11.6 Å². The molecule has 0 aliphatic carbocycles. The van der Waals surface area contributed by atoms with E-state index in [1.807, 2.05) is 30.5 Å². The van der Waals surface area contributed by atoms with E-state index in [9.17, 15) is 0 Å². The van der Waals surface area contributed by atoms with Gasteiger partial charge >= 0.3 is 0 Å². The summed E-state index contributed by atoms with van der Waals surface area (Å²) in [7, 11) is 2.16. The van der Waals surface area contributed by atoms with Gasteiger partial charge in [0.25, 0.3) is 0 Å². The topological polar surface area (TPSA) is 28.2 Å². The summed E-state index contributed by atoms with van der Waals surface area (Å²) in [6.45, 7) is 6.68. The fourth-order valence-corrected chi connectivity index (χ4v) is 2.58. The third kappa shape index (κ3) is 4.58. The molecule has 0 unspecified atom stereocenters. The largest absolute Gasteiger partial charge is 0.382 e. The number of fused-ring (bicyclic) bond motifs is 1. The second-order valence-corrected chi connectivity index (χ2v) is 6.04. The fraction of sp³-hybridized carbons (Fsp3) is 0.471. The molecule has 0 radical (unpaired) electrons. The van der Waals surface area contributed by atoms with Crippen LogP contribution in [0, 0.1) is 0 Å². The summed E-state index contributed by atoms with van der Waals surface area (Å²) in [6, 6.07) is 8.33. The summed E-state index contributed by atoms with van der Waals surface area (Å²) in [4.78, 5) is 6.72. The number of halogens is 1. The van der Waals surface area contributed by atoms with Crippen LogP contribution in [0.1, 0.15) is 26.7 Å². The van der Waals surface area contributed by atoms with Crippen molar-refractivity contribution in [1.29, 1.82) is 0 Å².